The van der Waals surface area contributed by atoms with Gasteiger partial charge in [0.25, 0.3) is 11.8 Å². The third kappa shape index (κ3) is 1.99. The molecule has 1 saturated carbocycles. The molecule has 2 fully saturated rings. The molecule has 10 heteroatoms. The molecular weight excluding hydrogens is 467 g/mol. The molecule has 4 rings (SSSR count). The molecule has 2 aliphatic carbocycles. The fourth-order valence-electron chi connectivity index (χ4n) is 3.81. The number of fused-ring (bicyclic) bond motifs is 5. The maximum atomic E-state index is 12.9. The zero-order valence-corrected chi connectivity index (χ0v) is 17.2. The fraction of sp³-hybridized carbons (Fsp3) is 0.375. The third-order valence-electron chi connectivity index (χ3n) is 5.07. The number of carbonyl (C=O) groups is 2. The Labute approximate surface area is 178 Å². The van der Waals surface area contributed by atoms with Crippen LogP contribution in [0.25, 0.3) is 0 Å². The van der Waals surface area contributed by atoms with Crippen molar-refractivity contribution < 1.29 is 14.4 Å². The van der Waals surface area contributed by atoms with E-state index in [4.69, 9.17) is 74.4 Å². The van der Waals surface area contributed by atoms with Crippen molar-refractivity contribution in [3.05, 3.63) is 46.0 Å². The van der Waals surface area contributed by atoms with Crippen LogP contribution in [-0.4, -0.2) is 31.0 Å². The van der Waals surface area contributed by atoms with E-state index < -0.39 is 37.7 Å². The molecule has 2 amide bonds. The number of hydrogen-bond donors (Lipinski definition) is 0. The van der Waals surface area contributed by atoms with Crippen LogP contribution in [0.2, 0.25) is 0 Å². The smallest absolute Gasteiger partial charge is 0.259 e. The number of halogens is 6. The predicted octanol–water partition coefficient (Wildman–Crippen LogP) is 4.56. The molecule has 1 aromatic carbocycles. The van der Waals surface area contributed by atoms with Crippen LogP contribution in [0, 0.1) is 11.8 Å². The number of alkyl halides is 4. The van der Waals surface area contributed by atoms with Gasteiger partial charge in [-0.15, -0.1) is 23.2 Å². The van der Waals surface area contributed by atoms with Crippen molar-refractivity contribution >= 4 is 81.4 Å². The molecule has 4 nitrogen and oxygen atoms in total. The Balaban J connectivity index is 1.70. The summed E-state index contributed by atoms with van der Waals surface area (Å²) >= 11 is 38.4. The van der Waals surface area contributed by atoms with Crippen molar-refractivity contribution in [2.75, 3.05) is 0 Å². The SMILES string of the molecule is O=C1[C@H]2[C@H](C(=O)N1OCc1ccccc1)[C@@]1(Cl)C(Cl)=C(Cl)[C@@]2(Cl)C1(Cl)Cl. The maximum Gasteiger partial charge on any atom is 0.259 e. The lowest BCUT2D eigenvalue weighted by Gasteiger charge is -2.34. The lowest BCUT2D eigenvalue weighted by Crippen LogP contribution is -2.49. The first-order chi connectivity index (χ1) is 12.1. The van der Waals surface area contributed by atoms with Gasteiger partial charge in [0.05, 0.1) is 21.9 Å². The Morgan fingerprint density at radius 1 is 0.885 bits per heavy atom. The Morgan fingerprint density at radius 3 is 1.81 bits per heavy atom. The largest absolute Gasteiger partial charge is 0.272 e. The zero-order chi connectivity index (χ0) is 19.1. The van der Waals surface area contributed by atoms with Crippen LogP contribution in [0.1, 0.15) is 5.56 Å². The summed E-state index contributed by atoms with van der Waals surface area (Å²) in [6, 6.07) is 9.03. The second-order valence-corrected chi connectivity index (χ2v) is 9.59. The van der Waals surface area contributed by atoms with Gasteiger partial charge >= 0.3 is 0 Å². The highest BCUT2D eigenvalue weighted by Crippen LogP contribution is 2.77. The molecule has 26 heavy (non-hydrogen) atoms. The van der Waals surface area contributed by atoms with Crippen LogP contribution in [0.4, 0.5) is 0 Å². The highest BCUT2D eigenvalue weighted by atomic mass is 35.5. The molecule has 2 bridgehead atoms. The number of rotatable bonds is 3. The summed E-state index contributed by atoms with van der Waals surface area (Å²) in [5, 5.41) is 0.389. The fourth-order valence-corrected chi connectivity index (χ4v) is 6.74. The second-order valence-electron chi connectivity index (χ2n) is 6.31. The second kappa shape index (κ2) is 5.90. The van der Waals surface area contributed by atoms with Crippen molar-refractivity contribution in [1.82, 2.24) is 5.06 Å². The average Bonchev–Trinajstić information content (AvgIpc) is 2.99. The minimum absolute atomic E-state index is 0.00408. The van der Waals surface area contributed by atoms with E-state index >= 15 is 0 Å². The van der Waals surface area contributed by atoms with E-state index in [0.717, 1.165) is 5.56 Å². The van der Waals surface area contributed by atoms with Crippen LogP contribution in [0.3, 0.4) is 0 Å². The molecule has 1 heterocycles. The molecule has 3 aliphatic rings. The lowest BCUT2D eigenvalue weighted by molar-refractivity contribution is -0.193. The minimum atomic E-state index is -1.94. The van der Waals surface area contributed by atoms with E-state index in [1.54, 1.807) is 12.1 Å². The van der Waals surface area contributed by atoms with E-state index in [1.165, 1.54) is 0 Å². The first-order valence-electron chi connectivity index (χ1n) is 7.46. The zero-order valence-electron chi connectivity index (χ0n) is 12.7. The highest BCUT2D eigenvalue weighted by Gasteiger charge is 2.87. The summed E-state index contributed by atoms with van der Waals surface area (Å²) in [5.74, 6) is -3.78. The highest BCUT2D eigenvalue weighted by molar-refractivity contribution is 6.66. The monoisotopic (exact) mass is 473 g/mol. The molecule has 1 aliphatic heterocycles. The normalized spacial score (nSPS) is 37.7. The number of hydrogen-bond acceptors (Lipinski definition) is 3. The molecule has 0 radical (unpaired) electrons. The van der Waals surface area contributed by atoms with Crippen LogP contribution in [0.15, 0.2) is 40.4 Å². The number of imide groups is 1. The van der Waals surface area contributed by atoms with Gasteiger partial charge in [0, 0.05) is 0 Å². The van der Waals surface area contributed by atoms with E-state index in [-0.39, 0.29) is 16.7 Å². The molecule has 0 spiro atoms. The molecule has 4 atom stereocenters. The number of benzene rings is 1. The third-order valence-corrected chi connectivity index (χ3v) is 9.33. The van der Waals surface area contributed by atoms with Gasteiger partial charge < -0.3 is 0 Å². The molecule has 0 aromatic heterocycles. The van der Waals surface area contributed by atoms with Crippen LogP contribution in [-0.2, 0) is 21.0 Å². The number of carbonyl (C=O) groups excluding carboxylic acids is 2. The van der Waals surface area contributed by atoms with E-state index in [9.17, 15) is 9.59 Å². The lowest BCUT2D eigenvalue weighted by atomic mass is 9.84. The predicted molar refractivity (Wildman–Crippen MR) is 100 cm³/mol. The molecule has 0 unspecified atom stereocenters. The average molecular weight is 476 g/mol. The summed E-state index contributed by atoms with van der Waals surface area (Å²) in [7, 11) is 0. The van der Waals surface area contributed by atoms with Crippen LogP contribution >= 0.6 is 69.6 Å². The standard InChI is InChI=1S/C16H9Cl6NO3/c17-10-11(18)15(20)9-8(14(10,19)16(15,21)22)12(24)23(13(9)25)26-6-7-4-2-1-3-5-7/h1-5,8-9H,6H2/t8-,9-,14-,15-/m1/s1. The summed E-state index contributed by atoms with van der Waals surface area (Å²) in [6.45, 7) is 0.00408. The number of hydroxylamine groups is 2. The van der Waals surface area contributed by atoms with Crippen molar-refractivity contribution in [2.24, 2.45) is 11.8 Å². The first kappa shape index (κ1) is 19.1. The van der Waals surface area contributed by atoms with Crippen molar-refractivity contribution in [1.29, 1.82) is 0 Å². The summed E-state index contributed by atoms with van der Waals surface area (Å²) in [5.41, 5.74) is 0.771. The van der Waals surface area contributed by atoms with Crippen molar-refractivity contribution in [3.8, 4) is 0 Å². The van der Waals surface area contributed by atoms with Gasteiger partial charge in [-0.3, -0.25) is 14.4 Å². The van der Waals surface area contributed by atoms with E-state index in [1.807, 2.05) is 18.2 Å². The number of allylic oxidation sites excluding steroid dienone is 2. The van der Waals surface area contributed by atoms with Crippen molar-refractivity contribution in [3.63, 3.8) is 0 Å². The summed E-state index contributed by atoms with van der Waals surface area (Å²) in [4.78, 5) is 27.6. The Kier molecular flexibility index (Phi) is 4.34. The number of nitrogens with zero attached hydrogens (tertiary/aromatic N) is 1. The Hall–Kier alpha value is -0.200. The van der Waals surface area contributed by atoms with E-state index in [2.05, 4.69) is 0 Å². The van der Waals surface area contributed by atoms with Crippen LogP contribution < -0.4 is 0 Å². The first-order valence-corrected chi connectivity index (χ1v) is 9.73. The van der Waals surface area contributed by atoms with Gasteiger partial charge in [0.15, 0.2) is 4.33 Å². The topological polar surface area (TPSA) is 46.6 Å². The molecular formula is C16H9Cl6NO3. The van der Waals surface area contributed by atoms with Gasteiger partial charge in [-0.25, -0.2) is 0 Å². The van der Waals surface area contributed by atoms with Gasteiger partial charge in [-0.05, 0) is 5.56 Å². The van der Waals surface area contributed by atoms with Gasteiger partial charge in [0.1, 0.15) is 16.4 Å². The summed E-state index contributed by atoms with van der Waals surface area (Å²) in [6.07, 6.45) is 0. The van der Waals surface area contributed by atoms with Gasteiger partial charge in [-0.2, -0.15) is 5.06 Å². The summed E-state index contributed by atoms with van der Waals surface area (Å²) < 4.78 is -1.94. The Bertz CT molecular complexity index is 813. The molecule has 1 aromatic rings. The quantitative estimate of drug-likeness (QED) is 0.475. The van der Waals surface area contributed by atoms with Crippen molar-refractivity contribution in [2.45, 2.75) is 20.7 Å². The number of amides is 2. The van der Waals surface area contributed by atoms with Gasteiger partial charge in [0.2, 0.25) is 0 Å². The molecule has 138 valence electrons. The van der Waals surface area contributed by atoms with Crippen LogP contribution in [0.5, 0.6) is 0 Å². The molecule has 1 saturated heterocycles. The Morgan fingerprint density at radius 2 is 1.35 bits per heavy atom. The minimum Gasteiger partial charge on any atom is -0.272 e. The maximum absolute atomic E-state index is 12.9. The van der Waals surface area contributed by atoms with Gasteiger partial charge in [-0.1, -0.05) is 76.7 Å². The van der Waals surface area contributed by atoms with E-state index in [0.29, 0.717) is 5.06 Å². The molecule has 0 N–H and O–H groups in total.